The van der Waals surface area contributed by atoms with Gasteiger partial charge in [-0.15, -0.1) is 0 Å². The number of ether oxygens (including phenoxy) is 1. The highest BCUT2D eigenvalue weighted by atomic mass is 32.2. The summed E-state index contributed by atoms with van der Waals surface area (Å²) in [5, 5.41) is 4.42. The summed E-state index contributed by atoms with van der Waals surface area (Å²) in [6.07, 6.45) is 0.781. The predicted molar refractivity (Wildman–Crippen MR) is 93.0 cm³/mol. The molecule has 2 heterocycles. The molecule has 25 heavy (non-hydrogen) atoms. The maximum Gasteiger partial charge on any atom is 0.244 e. The normalized spacial score (nSPS) is 28.6. The van der Waals surface area contributed by atoms with Crippen molar-refractivity contribution in [2.75, 3.05) is 6.61 Å². The molecule has 1 saturated carbocycles. The number of sulfonamides is 1. The highest BCUT2D eigenvalue weighted by Gasteiger charge is 2.53. The van der Waals surface area contributed by atoms with Gasteiger partial charge in [-0.3, -0.25) is 0 Å². The Balaban J connectivity index is 1.66. The third-order valence-corrected chi connectivity index (χ3v) is 6.94. The number of hydrogen-bond acceptors (Lipinski definition) is 5. The zero-order valence-electron chi connectivity index (χ0n) is 14.2. The van der Waals surface area contributed by atoms with Crippen molar-refractivity contribution in [3.05, 3.63) is 41.7 Å². The van der Waals surface area contributed by atoms with Crippen molar-refractivity contribution >= 4 is 10.0 Å². The molecule has 1 aromatic carbocycles. The van der Waals surface area contributed by atoms with E-state index in [0.29, 0.717) is 18.0 Å². The molecular weight excluding hydrogens is 340 g/mol. The van der Waals surface area contributed by atoms with Gasteiger partial charge in [0, 0.05) is 18.6 Å². The van der Waals surface area contributed by atoms with Crippen molar-refractivity contribution in [2.45, 2.75) is 43.4 Å². The van der Waals surface area contributed by atoms with Crippen LogP contribution >= 0.6 is 0 Å². The quantitative estimate of drug-likeness (QED) is 0.841. The van der Waals surface area contributed by atoms with E-state index in [0.717, 1.165) is 12.1 Å². The van der Waals surface area contributed by atoms with Crippen molar-refractivity contribution in [1.82, 2.24) is 14.5 Å². The molecule has 4 rings (SSSR count). The first-order valence-electron chi connectivity index (χ1n) is 8.41. The second-order valence-corrected chi connectivity index (χ2v) is 8.41. The lowest BCUT2D eigenvalue weighted by atomic mass is 9.73. The number of benzene rings is 1. The second kappa shape index (κ2) is 5.91. The minimum absolute atomic E-state index is 0.116. The lowest BCUT2D eigenvalue weighted by Crippen LogP contribution is -2.68. The molecule has 134 valence electrons. The second-order valence-electron chi connectivity index (χ2n) is 6.76. The summed E-state index contributed by atoms with van der Waals surface area (Å²) in [5.41, 5.74) is 8.00. The fourth-order valence-electron chi connectivity index (χ4n) is 3.97. The summed E-state index contributed by atoms with van der Waals surface area (Å²) in [6.45, 7) is 4.11. The number of para-hydroxylation sites is 1. The van der Waals surface area contributed by atoms with Gasteiger partial charge in [-0.1, -0.05) is 18.2 Å². The van der Waals surface area contributed by atoms with Gasteiger partial charge in [0.05, 0.1) is 29.2 Å². The highest BCUT2D eigenvalue weighted by Crippen LogP contribution is 2.38. The first kappa shape index (κ1) is 16.7. The van der Waals surface area contributed by atoms with Gasteiger partial charge in [0.1, 0.15) is 4.90 Å². The molecule has 7 nitrogen and oxygen atoms in total. The van der Waals surface area contributed by atoms with E-state index in [1.165, 1.54) is 0 Å². The monoisotopic (exact) mass is 362 g/mol. The fourth-order valence-corrected chi connectivity index (χ4v) is 5.64. The van der Waals surface area contributed by atoms with E-state index in [1.807, 2.05) is 30.3 Å². The number of nitrogens with one attached hydrogen (secondary N) is 1. The van der Waals surface area contributed by atoms with Crippen molar-refractivity contribution in [3.63, 3.8) is 0 Å². The van der Waals surface area contributed by atoms with Crippen LogP contribution in [0.15, 0.2) is 35.2 Å². The summed E-state index contributed by atoms with van der Waals surface area (Å²) in [6, 6.07) is 8.89. The Labute approximate surface area is 147 Å². The third-order valence-electron chi connectivity index (χ3n) is 5.23. The molecule has 0 radical (unpaired) electrons. The number of rotatable bonds is 4. The average molecular weight is 362 g/mol. The molecule has 1 saturated heterocycles. The van der Waals surface area contributed by atoms with E-state index in [4.69, 9.17) is 10.5 Å². The van der Waals surface area contributed by atoms with Crippen molar-refractivity contribution < 1.29 is 13.2 Å². The molecule has 1 aliphatic carbocycles. The largest absolute Gasteiger partial charge is 0.376 e. The van der Waals surface area contributed by atoms with E-state index in [9.17, 15) is 8.42 Å². The molecule has 2 aliphatic rings. The van der Waals surface area contributed by atoms with E-state index >= 15 is 0 Å². The van der Waals surface area contributed by atoms with Gasteiger partial charge < -0.3 is 10.5 Å². The van der Waals surface area contributed by atoms with Gasteiger partial charge in [-0.2, -0.15) is 5.10 Å². The van der Waals surface area contributed by atoms with Crippen LogP contribution in [0.1, 0.15) is 17.8 Å². The Hall–Kier alpha value is -1.74. The van der Waals surface area contributed by atoms with Gasteiger partial charge in [0.2, 0.25) is 10.0 Å². The van der Waals surface area contributed by atoms with Crippen LogP contribution in [0.25, 0.3) is 5.69 Å². The van der Waals surface area contributed by atoms with Gasteiger partial charge in [-0.25, -0.2) is 17.8 Å². The molecule has 0 unspecified atom stereocenters. The molecule has 0 amide bonds. The van der Waals surface area contributed by atoms with E-state index in [2.05, 4.69) is 9.82 Å². The zero-order chi connectivity index (χ0) is 17.8. The van der Waals surface area contributed by atoms with Crippen molar-refractivity contribution in [2.24, 2.45) is 11.7 Å². The van der Waals surface area contributed by atoms with Crippen LogP contribution in [0.4, 0.5) is 0 Å². The minimum Gasteiger partial charge on any atom is -0.376 e. The van der Waals surface area contributed by atoms with Gasteiger partial charge in [0.25, 0.3) is 0 Å². The summed E-state index contributed by atoms with van der Waals surface area (Å²) in [4.78, 5) is 0.213. The predicted octanol–water partition coefficient (Wildman–Crippen LogP) is 0.882. The molecule has 0 spiro atoms. The zero-order valence-corrected chi connectivity index (χ0v) is 15.0. The summed E-state index contributed by atoms with van der Waals surface area (Å²) in [5.74, 6) is 0.252. The minimum atomic E-state index is -3.73. The first-order chi connectivity index (χ1) is 11.9. The maximum atomic E-state index is 13.0. The number of hydrogen-bond donors (Lipinski definition) is 2. The molecule has 0 bridgehead atoms. The Kier molecular flexibility index (Phi) is 3.95. The van der Waals surface area contributed by atoms with Crippen LogP contribution in [0.3, 0.4) is 0 Å². The lowest BCUT2D eigenvalue weighted by Gasteiger charge is -2.45. The number of aryl methyl sites for hydroxylation is 1. The Morgan fingerprint density at radius 1 is 1.28 bits per heavy atom. The van der Waals surface area contributed by atoms with E-state index < -0.39 is 10.0 Å². The molecule has 8 heteroatoms. The molecular formula is C17H22N4O3S. The van der Waals surface area contributed by atoms with Crippen molar-refractivity contribution in [1.29, 1.82) is 0 Å². The van der Waals surface area contributed by atoms with Crippen LogP contribution in [0, 0.1) is 19.8 Å². The maximum absolute atomic E-state index is 13.0. The molecule has 3 N–H and O–H groups in total. The standard InChI is InChI=1S/C17H22N4O3S/c1-10-17(11(2)21(19-10)12-6-4-3-5-7-12)25(22,23)20-15-14(18)13-8-9-24-16(13)15/h3-7,13-16,20H,8-9,18H2,1-2H3/t13-,14+,15-,16-/m1/s1. The van der Waals surface area contributed by atoms with Gasteiger partial charge in [0.15, 0.2) is 0 Å². The Morgan fingerprint density at radius 2 is 2.00 bits per heavy atom. The van der Waals surface area contributed by atoms with Crippen LogP contribution in [0.2, 0.25) is 0 Å². The van der Waals surface area contributed by atoms with Crippen LogP contribution in [-0.2, 0) is 14.8 Å². The Bertz CT molecular complexity index is 894. The van der Waals surface area contributed by atoms with E-state index in [-0.39, 0.29) is 29.0 Å². The number of nitrogens with zero attached hydrogens (tertiary/aromatic N) is 2. The summed E-state index contributed by atoms with van der Waals surface area (Å²) < 4.78 is 36.0. The highest BCUT2D eigenvalue weighted by molar-refractivity contribution is 7.89. The van der Waals surface area contributed by atoms with Crippen LogP contribution < -0.4 is 10.5 Å². The topological polar surface area (TPSA) is 99.2 Å². The lowest BCUT2D eigenvalue weighted by molar-refractivity contribution is -0.00924. The number of fused-ring (bicyclic) bond motifs is 1. The SMILES string of the molecule is Cc1nn(-c2ccccc2)c(C)c1S(=O)(=O)N[C@@H]1[C@@H](N)[C@H]2CCO[C@H]21. The average Bonchev–Trinajstić information content (AvgIpc) is 3.15. The van der Waals surface area contributed by atoms with Gasteiger partial charge in [-0.05, 0) is 32.4 Å². The number of aromatic nitrogens is 2. The third kappa shape index (κ3) is 2.60. The van der Waals surface area contributed by atoms with Crippen molar-refractivity contribution in [3.8, 4) is 5.69 Å². The molecule has 4 atom stereocenters. The van der Waals surface area contributed by atoms with Crippen LogP contribution in [-0.4, -0.2) is 43.0 Å². The molecule has 2 aromatic rings. The van der Waals surface area contributed by atoms with Gasteiger partial charge >= 0.3 is 0 Å². The molecule has 1 aromatic heterocycles. The number of nitrogens with two attached hydrogens (primary N) is 1. The first-order valence-corrected chi connectivity index (χ1v) is 9.89. The van der Waals surface area contributed by atoms with E-state index in [1.54, 1.807) is 18.5 Å². The molecule has 1 aliphatic heterocycles. The summed E-state index contributed by atoms with van der Waals surface area (Å²) in [7, 11) is -3.73. The smallest absolute Gasteiger partial charge is 0.244 e. The fraction of sp³-hybridized carbons (Fsp3) is 0.471. The summed E-state index contributed by atoms with van der Waals surface area (Å²) >= 11 is 0. The van der Waals surface area contributed by atoms with Crippen LogP contribution in [0.5, 0.6) is 0 Å². The molecule has 2 fully saturated rings. The Morgan fingerprint density at radius 3 is 2.72 bits per heavy atom.